The van der Waals surface area contributed by atoms with Crippen molar-refractivity contribution in [3.05, 3.63) is 48.2 Å². The summed E-state index contributed by atoms with van der Waals surface area (Å²) < 4.78 is 0. The summed E-state index contributed by atoms with van der Waals surface area (Å²) in [4.78, 5) is 12.8. The Labute approximate surface area is 89.6 Å². The van der Waals surface area contributed by atoms with Gasteiger partial charge in [-0.25, -0.2) is 0 Å². The second kappa shape index (κ2) is 5.20. The number of nitrogens with zero attached hydrogens (tertiary/aromatic N) is 1. The standard InChI is InChI=1S/C12H15NO2/c1-10(14)8-13(11(2)15)9-12-6-4-3-5-7-12/h3-7,14H,1,8-9H2,2H3. The van der Waals surface area contributed by atoms with Crippen molar-refractivity contribution in [3.8, 4) is 0 Å². The molecule has 0 aliphatic rings. The molecule has 1 rings (SSSR count). The van der Waals surface area contributed by atoms with Crippen molar-refractivity contribution in [3.63, 3.8) is 0 Å². The van der Waals surface area contributed by atoms with Gasteiger partial charge in [0.05, 0.1) is 6.54 Å². The summed E-state index contributed by atoms with van der Waals surface area (Å²) in [5.74, 6) is -0.0739. The van der Waals surface area contributed by atoms with Crippen LogP contribution in [0.4, 0.5) is 0 Å². The maximum atomic E-state index is 11.3. The molecular weight excluding hydrogens is 190 g/mol. The van der Waals surface area contributed by atoms with Gasteiger partial charge in [-0.1, -0.05) is 36.9 Å². The van der Waals surface area contributed by atoms with Crippen LogP contribution in [0.1, 0.15) is 12.5 Å². The topological polar surface area (TPSA) is 40.5 Å². The number of amides is 1. The van der Waals surface area contributed by atoms with Crippen LogP contribution in [0, 0.1) is 0 Å². The fourth-order valence-electron chi connectivity index (χ4n) is 1.30. The van der Waals surface area contributed by atoms with Crippen molar-refractivity contribution in [2.24, 2.45) is 0 Å². The summed E-state index contributed by atoms with van der Waals surface area (Å²) >= 11 is 0. The fourth-order valence-corrected chi connectivity index (χ4v) is 1.30. The van der Waals surface area contributed by atoms with E-state index in [0.717, 1.165) is 5.56 Å². The molecule has 15 heavy (non-hydrogen) atoms. The van der Waals surface area contributed by atoms with Gasteiger partial charge in [0.15, 0.2) is 0 Å². The van der Waals surface area contributed by atoms with Crippen LogP contribution in [0.5, 0.6) is 0 Å². The number of hydrogen-bond acceptors (Lipinski definition) is 2. The highest BCUT2D eigenvalue weighted by atomic mass is 16.3. The van der Waals surface area contributed by atoms with E-state index in [2.05, 4.69) is 6.58 Å². The Morgan fingerprint density at radius 1 is 1.40 bits per heavy atom. The van der Waals surface area contributed by atoms with E-state index in [4.69, 9.17) is 5.11 Å². The predicted octanol–water partition coefficient (Wildman–Crippen LogP) is 2.11. The molecule has 0 saturated carbocycles. The summed E-state index contributed by atoms with van der Waals surface area (Å²) in [6.07, 6.45) is 0. The molecule has 0 aliphatic carbocycles. The predicted molar refractivity (Wildman–Crippen MR) is 59.3 cm³/mol. The Balaban J connectivity index is 2.67. The molecule has 0 bridgehead atoms. The third kappa shape index (κ3) is 3.85. The lowest BCUT2D eigenvalue weighted by atomic mass is 10.2. The molecule has 0 spiro atoms. The highest BCUT2D eigenvalue weighted by molar-refractivity contribution is 5.73. The molecule has 0 fully saturated rings. The summed E-state index contributed by atoms with van der Waals surface area (Å²) in [5, 5.41) is 9.06. The van der Waals surface area contributed by atoms with E-state index < -0.39 is 0 Å². The molecule has 1 aromatic carbocycles. The third-order valence-corrected chi connectivity index (χ3v) is 2.03. The van der Waals surface area contributed by atoms with Gasteiger partial charge < -0.3 is 10.0 Å². The van der Waals surface area contributed by atoms with E-state index in [1.54, 1.807) is 0 Å². The second-order valence-corrected chi connectivity index (χ2v) is 3.43. The van der Waals surface area contributed by atoms with Crippen LogP contribution in [0.3, 0.4) is 0 Å². The van der Waals surface area contributed by atoms with Gasteiger partial charge in [-0.2, -0.15) is 0 Å². The number of aliphatic hydroxyl groups excluding tert-OH is 1. The van der Waals surface area contributed by atoms with Crippen LogP contribution in [0.15, 0.2) is 42.7 Å². The first kappa shape index (κ1) is 11.3. The minimum Gasteiger partial charge on any atom is -0.511 e. The molecule has 0 aromatic heterocycles. The van der Waals surface area contributed by atoms with E-state index in [9.17, 15) is 4.79 Å². The van der Waals surface area contributed by atoms with Crippen LogP contribution in [0.25, 0.3) is 0 Å². The van der Waals surface area contributed by atoms with Gasteiger partial charge in [0, 0.05) is 13.5 Å². The Morgan fingerprint density at radius 3 is 2.47 bits per heavy atom. The molecule has 0 unspecified atom stereocenters. The molecule has 0 radical (unpaired) electrons. The smallest absolute Gasteiger partial charge is 0.220 e. The van der Waals surface area contributed by atoms with Crippen LogP contribution in [-0.4, -0.2) is 22.5 Å². The highest BCUT2D eigenvalue weighted by Gasteiger charge is 2.09. The molecule has 1 N–H and O–H groups in total. The van der Waals surface area contributed by atoms with E-state index >= 15 is 0 Å². The minimum absolute atomic E-state index is 0.00105. The lowest BCUT2D eigenvalue weighted by Crippen LogP contribution is -2.29. The van der Waals surface area contributed by atoms with Gasteiger partial charge >= 0.3 is 0 Å². The van der Waals surface area contributed by atoms with E-state index in [1.807, 2.05) is 30.3 Å². The van der Waals surface area contributed by atoms with Gasteiger partial charge in [-0.3, -0.25) is 4.79 Å². The monoisotopic (exact) mass is 205 g/mol. The quantitative estimate of drug-likeness (QED) is 0.765. The molecular formula is C12H15NO2. The second-order valence-electron chi connectivity index (χ2n) is 3.43. The molecule has 0 heterocycles. The first-order valence-electron chi connectivity index (χ1n) is 4.76. The van der Waals surface area contributed by atoms with E-state index in [0.29, 0.717) is 6.54 Å². The largest absolute Gasteiger partial charge is 0.511 e. The highest BCUT2D eigenvalue weighted by Crippen LogP contribution is 2.05. The Kier molecular flexibility index (Phi) is 3.92. The number of hydrogen-bond donors (Lipinski definition) is 1. The van der Waals surface area contributed by atoms with Crippen molar-refractivity contribution in [2.75, 3.05) is 6.54 Å². The van der Waals surface area contributed by atoms with Crippen molar-refractivity contribution in [1.82, 2.24) is 4.90 Å². The number of carbonyl (C=O) groups is 1. The number of carbonyl (C=O) groups excluding carboxylic acids is 1. The Hall–Kier alpha value is -1.77. The van der Waals surface area contributed by atoms with Gasteiger partial charge in [0.2, 0.25) is 5.91 Å². The van der Waals surface area contributed by atoms with Crippen LogP contribution in [-0.2, 0) is 11.3 Å². The zero-order valence-electron chi connectivity index (χ0n) is 8.81. The van der Waals surface area contributed by atoms with Crippen molar-refractivity contribution in [1.29, 1.82) is 0 Å². The Morgan fingerprint density at radius 2 is 2.00 bits per heavy atom. The summed E-state index contributed by atoms with van der Waals surface area (Å²) in [6, 6.07) is 9.64. The molecule has 1 amide bonds. The molecule has 3 nitrogen and oxygen atoms in total. The van der Waals surface area contributed by atoms with Crippen LogP contribution in [0.2, 0.25) is 0 Å². The zero-order chi connectivity index (χ0) is 11.3. The van der Waals surface area contributed by atoms with Crippen molar-refractivity contribution in [2.45, 2.75) is 13.5 Å². The number of rotatable bonds is 4. The fraction of sp³-hybridized carbons (Fsp3) is 0.250. The van der Waals surface area contributed by atoms with Gasteiger partial charge in [-0.05, 0) is 5.56 Å². The first-order chi connectivity index (χ1) is 7.09. The van der Waals surface area contributed by atoms with Gasteiger partial charge in [0.1, 0.15) is 5.76 Å². The van der Waals surface area contributed by atoms with Crippen molar-refractivity contribution < 1.29 is 9.90 Å². The normalized spacial score (nSPS) is 9.67. The summed E-state index contributed by atoms with van der Waals surface area (Å²) in [6.45, 7) is 5.54. The average Bonchev–Trinajstić information content (AvgIpc) is 2.17. The molecule has 1 aromatic rings. The molecule has 0 atom stereocenters. The lowest BCUT2D eigenvalue weighted by Gasteiger charge is -2.20. The zero-order valence-corrected chi connectivity index (χ0v) is 8.81. The lowest BCUT2D eigenvalue weighted by molar-refractivity contribution is -0.129. The molecule has 3 heteroatoms. The number of benzene rings is 1. The summed E-state index contributed by atoms with van der Waals surface area (Å²) in [7, 11) is 0. The SMILES string of the molecule is C=C(O)CN(Cc1ccccc1)C(C)=O. The molecule has 80 valence electrons. The third-order valence-electron chi connectivity index (χ3n) is 2.03. The maximum Gasteiger partial charge on any atom is 0.220 e. The average molecular weight is 205 g/mol. The van der Waals surface area contributed by atoms with Crippen LogP contribution < -0.4 is 0 Å². The van der Waals surface area contributed by atoms with Gasteiger partial charge in [0.25, 0.3) is 0 Å². The van der Waals surface area contributed by atoms with Crippen LogP contribution >= 0.6 is 0 Å². The minimum atomic E-state index is -0.0750. The van der Waals surface area contributed by atoms with Gasteiger partial charge in [-0.15, -0.1) is 0 Å². The Bertz CT molecular complexity index is 346. The van der Waals surface area contributed by atoms with E-state index in [-0.39, 0.29) is 18.2 Å². The molecule has 0 aliphatic heterocycles. The van der Waals surface area contributed by atoms with E-state index in [1.165, 1.54) is 11.8 Å². The summed E-state index contributed by atoms with van der Waals surface area (Å²) in [5.41, 5.74) is 1.04. The first-order valence-corrected chi connectivity index (χ1v) is 4.76. The van der Waals surface area contributed by atoms with Crippen molar-refractivity contribution >= 4 is 5.91 Å². The maximum absolute atomic E-state index is 11.3. The molecule has 0 saturated heterocycles. The number of aliphatic hydroxyl groups is 1.